The lowest BCUT2D eigenvalue weighted by Gasteiger charge is -2.03. The molecule has 0 spiro atoms. The van der Waals surface area contributed by atoms with Gasteiger partial charge in [-0.15, -0.1) is 9.36 Å². The molecule has 0 saturated carbocycles. The number of nitrogens with zero attached hydrogens (tertiary/aromatic N) is 3. The summed E-state index contributed by atoms with van der Waals surface area (Å²) in [6, 6.07) is -0.682. The minimum atomic E-state index is -2.23. The standard InChI is InChI=1S/C9H14N3/c1-2-6-11-8-9-5-3-4-7-12(9)10-11/h2,8H,1,3-7H2/q+1/i1D2,2D,6D2. The molecule has 2 heterocycles. The number of hydrogen-bond acceptors (Lipinski definition) is 1. The number of aryl methyl sites for hydroxylation is 2. The van der Waals surface area contributed by atoms with E-state index < -0.39 is 19.1 Å². The zero-order valence-corrected chi connectivity index (χ0v) is 6.75. The van der Waals surface area contributed by atoms with Gasteiger partial charge >= 0.3 is 0 Å². The first-order chi connectivity index (χ1) is 7.93. The Hall–Kier alpha value is -1.12. The topological polar surface area (TPSA) is 21.7 Å². The second-order valence-corrected chi connectivity index (χ2v) is 2.87. The van der Waals surface area contributed by atoms with Crippen molar-refractivity contribution in [1.29, 1.82) is 0 Å². The van der Waals surface area contributed by atoms with Gasteiger partial charge in [0.2, 0.25) is 0 Å². The summed E-state index contributed by atoms with van der Waals surface area (Å²) in [6.45, 7) is -2.30. The fourth-order valence-electron chi connectivity index (χ4n) is 1.47. The molecule has 0 N–H and O–H groups in total. The van der Waals surface area contributed by atoms with Gasteiger partial charge in [0.05, 0.1) is 12.1 Å². The highest BCUT2D eigenvalue weighted by Crippen LogP contribution is 2.10. The molecule has 0 amide bonds. The molecule has 3 nitrogen and oxygen atoms in total. The second kappa shape index (κ2) is 3.09. The van der Waals surface area contributed by atoms with Gasteiger partial charge in [0.1, 0.15) is 13.0 Å². The number of aromatic nitrogens is 3. The van der Waals surface area contributed by atoms with E-state index in [1.165, 1.54) is 0 Å². The molecule has 0 radical (unpaired) electrons. The third kappa shape index (κ3) is 1.26. The maximum atomic E-state index is 7.75. The van der Waals surface area contributed by atoms with Crippen LogP contribution in [-0.2, 0) is 19.5 Å². The zero-order chi connectivity index (χ0) is 12.6. The number of hydrogen-bond donors (Lipinski definition) is 0. The van der Waals surface area contributed by atoms with Crippen molar-refractivity contribution in [3.8, 4) is 0 Å². The van der Waals surface area contributed by atoms with Crippen LogP contribution >= 0.6 is 0 Å². The Morgan fingerprint density at radius 2 is 3.00 bits per heavy atom. The Kier molecular flexibility index (Phi) is 0.960. The summed E-state index contributed by atoms with van der Waals surface area (Å²) in [4.78, 5) is 0. The largest absolute Gasteiger partial charge is 0.167 e. The fraction of sp³-hybridized carbons (Fsp3) is 0.556. The third-order valence-electron chi connectivity index (χ3n) is 2.03. The van der Waals surface area contributed by atoms with E-state index in [2.05, 4.69) is 5.21 Å². The zero-order valence-electron chi connectivity index (χ0n) is 11.7. The van der Waals surface area contributed by atoms with Crippen LogP contribution in [0, 0.1) is 0 Å². The fourth-order valence-corrected chi connectivity index (χ4v) is 1.47. The van der Waals surface area contributed by atoms with Crippen molar-refractivity contribution in [2.45, 2.75) is 32.3 Å². The van der Waals surface area contributed by atoms with E-state index >= 15 is 0 Å². The summed E-state index contributed by atoms with van der Waals surface area (Å²) in [6.07, 6.45) is 4.49. The number of rotatable bonds is 2. The van der Waals surface area contributed by atoms with Crippen molar-refractivity contribution in [2.24, 2.45) is 0 Å². The van der Waals surface area contributed by atoms with E-state index in [9.17, 15) is 0 Å². The van der Waals surface area contributed by atoms with Gasteiger partial charge in [0, 0.05) is 6.42 Å². The maximum Gasteiger partial charge on any atom is 0.167 e. The van der Waals surface area contributed by atoms with Gasteiger partial charge in [0.25, 0.3) is 0 Å². The van der Waals surface area contributed by atoms with Gasteiger partial charge in [-0.05, 0) is 18.9 Å². The smallest absolute Gasteiger partial charge is 0.134 e. The molecule has 0 atom stereocenters. The molecule has 3 heteroatoms. The van der Waals surface area contributed by atoms with Crippen LogP contribution < -0.4 is 4.68 Å². The predicted octanol–water partition coefficient (Wildman–Crippen LogP) is 0.693. The van der Waals surface area contributed by atoms with E-state index in [0.717, 1.165) is 36.2 Å². The highest BCUT2D eigenvalue weighted by Gasteiger charge is 2.18. The summed E-state index contributed by atoms with van der Waals surface area (Å²) in [5.41, 5.74) is 0.935. The van der Waals surface area contributed by atoms with Gasteiger partial charge in [-0.1, -0.05) is 6.53 Å². The maximum absolute atomic E-state index is 7.75. The Bertz CT molecular complexity index is 438. The van der Waals surface area contributed by atoms with Gasteiger partial charge in [0.15, 0.2) is 11.9 Å². The van der Waals surface area contributed by atoms with Crippen LogP contribution in [0.1, 0.15) is 25.4 Å². The van der Waals surface area contributed by atoms with E-state index in [1.807, 2.05) is 0 Å². The van der Waals surface area contributed by atoms with Crippen LogP contribution in [0.4, 0.5) is 0 Å². The Balaban J connectivity index is 2.40. The molecule has 1 aromatic heterocycles. The van der Waals surface area contributed by atoms with Crippen molar-refractivity contribution in [3.05, 3.63) is 24.5 Å². The monoisotopic (exact) mass is 169 g/mol. The first kappa shape index (κ1) is 3.73. The highest BCUT2D eigenvalue weighted by atomic mass is 15.5. The third-order valence-corrected chi connectivity index (χ3v) is 2.03. The molecule has 12 heavy (non-hydrogen) atoms. The molecule has 0 fully saturated rings. The molecule has 0 aliphatic carbocycles. The molecule has 64 valence electrons. The molecule has 2 rings (SSSR count). The minimum Gasteiger partial charge on any atom is -0.134 e. The predicted molar refractivity (Wildman–Crippen MR) is 45.6 cm³/mol. The van der Waals surface area contributed by atoms with Crippen molar-refractivity contribution in [2.75, 3.05) is 0 Å². The van der Waals surface area contributed by atoms with Crippen LogP contribution in [0.2, 0.25) is 0 Å². The average molecular weight is 169 g/mol. The Morgan fingerprint density at radius 1 is 2.00 bits per heavy atom. The van der Waals surface area contributed by atoms with Crippen molar-refractivity contribution in [3.63, 3.8) is 0 Å². The van der Waals surface area contributed by atoms with E-state index in [-0.39, 0.29) is 0 Å². The van der Waals surface area contributed by atoms with Crippen molar-refractivity contribution < 1.29 is 11.5 Å². The molecular weight excluding hydrogens is 150 g/mol. The first-order valence-corrected chi connectivity index (χ1v) is 4.06. The van der Waals surface area contributed by atoms with Gasteiger partial charge in [-0.2, -0.15) is 0 Å². The second-order valence-electron chi connectivity index (χ2n) is 2.87. The lowest BCUT2D eigenvalue weighted by Crippen LogP contribution is -2.35. The molecule has 0 aromatic carbocycles. The summed E-state index contributed by atoms with van der Waals surface area (Å²) >= 11 is 0. The molecule has 0 bridgehead atoms. The molecule has 0 unspecified atom stereocenters. The lowest BCUT2D eigenvalue weighted by molar-refractivity contribution is -0.746. The van der Waals surface area contributed by atoms with Gasteiger partial charge in [-0.25, -0.2) is 0 Å². The van der Waals surface area contributed by atoms with Gasteiger partial charge < -0.3 is 0 Å². The summed E-state index contributed by atoms with van der Waals surface area (Å²) in [5, 5.41) is 4.06. The van der Waals surface area contributed by atoms with Crippen LogP contribution in [0.25, 0.3) is 0 Å². The summed E-state index contributed by atoms with van der Waals surface area (Å²) in [5.74, 6) is 0. The quantitative estimate of drug-likeness (QED) is 0.471. The van der Waals surface area contributed by atoms with Crippen molar-refractivity contribution >= 4 is 0 Å². The number of fused-ring (bicyclic) bond motifs is 1. The van der Waals surface area contributed by atoms with E-state index in [0.29, 0.717) is 0 Å². The number of allylic oxidation sites excluding steroid dienone is 1. The van der Waals surface area contributed by atoms with Crippen molar-refractivity contribution in [1.82, 2.24) is 9.90 Å². The van der Waals surface area contributed by atoms with E-state index in [1.54, 1.807) is 10.9 Å². The summed E-state index contributed by atoms with van der Waals surface area (Å²) in [7, 11) is 0. The Labute approximate surface area is 79.3 Å². The molecule has 1 aromatic rings. The molecule has 1 aliphatic heterocycles. The minimum absolute atomic E-state index is 0.682. The average Bonchev–Trinajstić information content (AvgIpc) is 2.71. The molecule has 1 aliphatic rings. The molecule has 0 saturated heterocycles. The van der Waals surface area contributed by atoms with Crippen LogP contribution in [0.15, 0.2) is 18.8 Å². The van der Waals surface area contributed by atoms with Crippen LogP contribution in [0.5, 0.6) is 0 Å². The summed E-state index contributed by atoms with van der Waals surface area (Å²) < 4.78 is 39.8. The SMILES string of the molecule is [2H]C([2H])=C([2H])C([2H])([2H])[n+]1cc2n(n1)CCCC2. The first-order valence-electron chi connectivity index (χ1n) is 6.56. The Morgan fingerprint density at radius 3 is 3.83 bits per heavy atom. The highest BCUT2D eigenvalue weighted by molar-refractivity contribution is 4.93. The van der Waals surface area contributed by atoms with Gasteiger partial charge in [-0.3, -0.25) is 0 Å². The van der Waals surface area contributed by atoms with Crippen LogP contribution in [-0.4, -0.2) is 9.90 Å². The van der Waals surface area contributed by atoms with Crippen LogP contribution in [0.3, 0.4) is 0 Å². The van der Waals surface area contributed by atoms with E-state index in [4.69, 9.17) is 6.85 Å². The lowest BCUT2D eigenvalue weighted by atomic mass is 10.1. The normalized spacial score (nSPS) is 22.5. The molecular formula is C9H14N3+.